The van der Waals surface area contributed by atoms with E-state index in [1.54, 1.807) is 0 Å². The summed E-state index contributed by atoms with van der Waals surface area (Å²) in [7, 11) is 0. The number of hydrogen-bond donors (Lipinski definition) is 5. The molecule has 36 heavy (non-hydrogen) atoms. The molecule has 3 rings (SSSR count). The lowest BCUT2D eigenvalue weighted by Gasteiger charge is -2.30. The first kappa shape index (κ1) is 26.8. The van der Waals surface area contributed by atoms with E-state index >= 15 is 0 Å². The lowest BCUT2D eigenvalue weighted by Crippen LogP contribution is -2.57. The lowest BCUT2D eigenvalue weighted by atomic mass is 10.0. The highest BCUT2D eigenvalue weighted by Gasteiger charge is 2.39. The van der Waals surface area contributed by atoms with Crippen molar-refractivity contribution < 1.29 is 29.4 Å². The van der Waals surface area contributed by atoms with Crippen LogP contribution >= 0.6 is 0 Å². The summed E-state index contributed by atoms with van der Waals surface area (Å²) < 4.78 is 0. The SMILES string of the molecule is NC(Cc1ccccc1)C(=O)NC(Cc1ccccc1)C(=O)N1CCCC1C(=O)NC(CO)C(=O)O. The van der Waals surface area contributed by atoms with Crippen LogP contribution in [0.4, 0.5) is 0 Å². The second kappa shape index (κ2) is 12.8. The maximum absolute atomic E-state index is 13.6. The molecule has 6 N–H and O–H groups in total. The van der Waals surface area contributed by atoms with E-state index in [-0.39, 0.29) is 13.0 Å². The van der Waals surface area contributed by atoms with Gasteiger partial charge in [-0.05, 0) is 30.4 Å². The topological polar surface area (TPSA) is 162 Å². The molecule has 3 amide bonds. The van der Waals surface area contributed by atoms with E-state index in [1.165, 1.54) is 4.90 Å². The molecule has 4 unspecified atom stereocenters. The van der Waals surface area contributed by atoms with Gasteiger partial charge in [-0.15, -0.1) is 0 Å². The quantitative estimate of drug-likeness (QED) is 0.289. The fraction of sp³-hybridized carbons (Fsp3) is 0.385. The number of nitrogens with zero attached hydrogens (tertiary/aromatic N) is 1. The van der Waals surface area contributed by atoms with Crippen LogP contribution in [0.3, 0.4) is 0 Å². The predicted octanol–water partition coefficient (Wildman–Crippen LogP) is -0.163. The molecule has 10 heteroatoms. The van der Waals surface area contributed by atoms with Gasteiger partial charge in [-0.25, -0.2) is 4.79 Å². The van der Waals surface area contributed by atoms with Gasteiger partial charge in [-0.2, -0.15) is 0 Å². The first-order chi connectivity index (χ1) is 17.3. The summed E-state index contributed by atoms with van der Waals surface area (Å²) in [6, 6.07) is 14.3. The van der Waals surface area contributed by atoms with E-state index in [4.69, 9.17) is 10.8 Å². The van der Waals surface area contributed by atoms with Crippen LogP contribution in [0.15, 0.2) is 60.7 Å². The molecule has 0 spiro atoms. The summed E-state index contributed by atoms with van der Waals surface area (Å²) in [6.07, 6.45) is 1.38. The zero-order valence-electron chi connectivity index (χ0n) is 19.9. The zero-order valence-corrected chi connectivity index (χ0v) is 19.9. The first-order valence-corrected chi connectivity index (χ1v) is 11.9. The first-order valence-electron chi connectivity index (χ1n) is 11.9. The molecule has 1 saturated heterocycles. The summed E-state index contributed by atoms with van der Waals surface area (Å²) in [5.74, 6) is -2.97. The molecule has 1 fully saturated rings. The minimum Gasteiger partial charge on any atom is -0.480 e. The number of aliphatic hydroxyl groups excluding tert-OH is 1. The summed E-state index contributed by atoms with van der Waals surface area (Å²) in [6.45, 7) is -0.487. The van der Waals surface area contributed by atoms with Crippen molar-refractivity contribution in [2.24, 2.45) is 5.73 Å². The van der Waals surface area contributed by atoms with Gasteiger partial charge in [0.1, 0.15) is 18.1 Å². The van der Waals surface area contributed by atoms with Gasteiger partial charge in [0.2, 0.25) is 17.7 Å². The second-order valence-electron chi connectivity index (χ2n) is 8.82. The van der Waals surface area contributed by atoms with Crippen molar-refractivity contribution in [2.45, 2.75) is 49.9 Å². The Balaban J connectivity index is 1.75. The number of carboxylic acid groups (broad SMARTS) is 1. The monoisotopic (exact) mass is 496 g/mol. The second-order valence-corrected chi connectivity index (χ2v) is 8.82. The third kappa shape index (κ3) is 7.12. The minimum absolute atomic E-state index is 0.197. The standard InChI is InChI=1S/C26H32N4O6/c27-19(14-17-8-3-1-4-9-17)23(32)28-20(15-18-10-5-2-6-11-18)25(34)30-13-7-12-22(30)24(33)29-21(16-31)26(35)36/h1-6,8-11,19-22,31H,7,12-16,27H2,(H,28,32)(H,29,33)(H,35,36). The third-order valence-corrected chi connectivity index (χ3v) is 6.17. The van der Waals surface area contributed by atoms with Gasteiger partial charge in [-0.1, -0.05) is 60.7 Å². The minimum atomic E-state index is -1.47. The zero-order chi connectivity index (χ0) is 26.1. The number of benzene rings is 2. The van der Waals surface area contributed by atoms with Crippen molar-refractivity contribution in [1.82, 2.24) is 15.5 Å². The maximum atomic E-state index is 13.6. The summed E-state index contributed by atoms with van der Waals surface area (Å²) in [5.41, 5.74) is 7.85. The predicted molar refractivity (Wildman–Crippen MR) is 132 cm³/mol. The summed E-state index contributed by atoms with van der Waals surface area (Å²) in [4.78, 5) is 51.9. The number of carbonyl (C=O) groups excluding carboxylic acids is 3. The molecule has 192 valence electrons. The van der Waals surface area contributed by atoms with Gasteiger partial charge in [0.25, 0.3) is 0 Å². The Bertz CT molecular complexity index is 1050. The molecule has 0 aliphatic carbocycles. The number of carbonyl (C=O) groups is 4. The largest absolute Gasteiger partial charge is 0.480 e. The number of aliphatic hydroxyl groups is 1. The average Bonchev–Trinajstić information content (AvgIpc) is 3.37. The number of hydrogen-bond acceptors (Lipinski definition) is 6. The number of aliphatic carboxylic acids is 1. The van der Waals surface area contributed by atoms with Crippen molar-refractivity contribution in [3.63, 3.8) is 0 Å². The smallest absolute Gasteiger partial charge is 0.328 e. The highest BCUT2D eigenvalue weighted by Crippen LogP contribution is 2.20. The van der Waals surface area contributed by atoms with Gasteiger partial charge in [0, 0.05) is 13.0 Å². The van der Waals surface area contributed by atoms with Gasteiger partial charge in [0.05, 0.1) is 12.6 Å². The van der Waals surface area contributed by atoms with Crippen LogP contribution in [0.5, 0.6) is 0 Å². The molecule has 0 saturated carbocycles. The third-order valence-electron chi connectivity index (χ3n) is 6.17. The molecular formula is C26H32N4O6. The van der Waals surface area contributed by atoms with Crippen LogP contribution in [0.1, 0.15) is 24.0 Å². The normalized spacial score (nSPS) is 17.6. The van der Waals surface area contributed by atoms with Crippen molar-refractivity contribution in [2.75, 3.05) is 13.2 Å². The van der Waals surface area contributed by atoms with Crippen LogP contribution in [0.2, 0.25) is 0 Å². The van der Waals surface area contributed by atoms with Crippen molar-refractivity contribution in [3.05, 3.63) is 71.8 Å². The number of likely N-dealkylation sites (tertiary alicyclic amines) is 1. The van der Waals surface area contributed by atoms with E-state index in [0.29, 0.717) is 19.3 Å². The van der Waals surface area contributed by atoms with Gasteiger partial charge >= 0.3 is 5.97 Å². The number of nitrogens with two attached hydrogens (primary N) is 1. The van der Waals surface area contributed by atoms with Gasteiger partial charge in [0.15, 0.2) is 0 Å². The fourth-order valence-electron chi connectivity index (χ4n) is 4.25. The lowest BCUT2D eigenvalue weighted by molar-refractivity contribution is -0.145. The van der Waals surface area contributed by atoms with Crippen LogP contribution in [-0.4, -0.2) is 76.1 Å². The average molecular weight is 497 g/mol. The number of nitrogens with one attached hydrogen (secondary N) is 2. The van der Waals surface area contributed by atoms with E-state index in [9.17, 15) is 24.3 Å². The number of rotatable bonds is 11. The Kier molecular flexibility index (Phi) is 9.54. The molecule has 1 aliphatic rings. The van der Waals surface area contributed by atoms with E-state index in [1.807, 2.05) is 60.7 Å². The molecule has 0 aromatic heterocycles. The van der Waals surface area contributed by atoms with E-state index in [0.717, 1.165) is 11.1 Å². The maximum Gasteiger partial charge on any atom is 0.328 e. The van der Waals surface area contributed by atoms with Crippen LogP contribution in [0, 0.1) is 0 Å². The highest BCUT2D eigenvalue weighted by molar-refractivity contribution is 5.94. The Morgan fingerprint density at radius 3 is 2.06 bits per heavy atom. The molecule has 0 radical (unpaired) electrons. The Labute approximate surface area is 209 Å². The summed E-state index contributed by atoms with van der Waals surface area (Å²) in [5, 5.41) is 23.4. The molecule has 0 bridgehead atoms. The number of carboxylic acids is 1. The fourth-order valence-corrected chi connectivity index (χ4v) is 4.25. The Morgan fingerprint density at radius 1 is 0.917 bits per heavy atom. The Hall–Kier alpha value is -3.76. The van der Waals surface area contributed by atoms with Crippen molar-refractivity contribution in [1.29, 1.82) is 0 Å². The van der Waals surface area contributed by atoms with Crippen LogP contribution in [-0.2, 0) is 32.0 Å². The van der Waals surface area contributed by atoms with Crippen molar-refractivity contribution in [3.8, 4) is 0 Å². The van der Waals surface area contributed by atoms with Crippen LogP contribution < -0.4 is 16.4 Å². The van der Waals surface area contributed by atoms with Gasteiger partial charge in [-0.3, -0.25) is 14.4 Å². The molecule has 10 nitrogen and oxygen atoms in total. The van der Waals surface area contributed by atoms with E-state index < -0.39 is 54.5 Å². The molecule has 1 heterocycles. The summed E-state index contributed by atoms with van der Waals surface area (Å²) >= 11 is 0. The van der Waals surface area contributed by atoms with Crippen LogP contribution in [0.25, 0.3) is 0 Å². The van der Waals surface area contributed by atoms with Crippen molar-refractivity contribution >= 4 is 23.7 Å². The highest BCUT2D eigenvalue weighted by atomic mass is 16.4. The molecule has 2 aromatic carbocycles. The number of amides is 3. The molecule has 1 aliphatic heterocycles. The molecular weight excluding hydrogens is 464 g/mol. The molecule has 2 aromatic rings. The molecule has 4 atom stereocenters. The Morgan fingerprint density at radius 2 is 1.50 bits per heavy atom. The van der Waals surface area contributed by atoms with Gasteiger partial charge < -0.3 is 31.5 Å². The van der Waals surface area contributed by atoms with E-state index in [2.05, 4.69) is 10.6 Å².